The molecule has 9 heteroatoms. The lowest BCUT2D eigenvalue weighted by atomic mass is 10.1. The Labute approximate surface area is 163 Å². The van der Waals surface area contributed by atoms with Crippen LogP contribution in [0.3, 0.4) is 0 Å². The summed E-state index contributed by atoms with van der Waals surface area (Å²) in [6, 6.07) is 8.40. The first-order chi connectivity index (χ1) is 12.2. The zero-order valence-corrected chi connectivity index (χ0v) is 16.2. The van der Waals surface area contributed by atoms with Gasteiger partial charge in [0.15, 0.2) is 0 Å². The fraction of sp³-hybridized carbons (Fsp3) is 0.176. The molecular weight excluding hydrogens is 426 g/mol. The molecule has 0 spiro atoms. The molecule has 0 bridgehead atoms. The maximum absolute atomic E-state index is 12.5. The quantitative estimate of drug-likeness (QED) is 0.531. The van der Waals surface area contributed by atoms with Crippen LogP contribution in [0.15, 0.2) is 40.9 Å². The van der Waals surface area contributed by atoms with Gasteiger partial charge >= 0.3 is 0 Å². The van der Waals surface area contributed by atoms with Crippen molar-refractivity contribution in [2.45, 2.75) is 19.9 Å². The third-order valence-corrected chi connectivity index (χ3v) is 4.20. The van der Waals surface area contributed by atoms with Crippen LogP contribution in [0.5, 0.6) is 0 Å². The Morgan fingerprint density at radius 3 is 2.46 bits per heavy atom. The van der Waals surface area contributed by atoms with Gasteiger partial charge in [0.2, 0.25) is 0 Å². The fourth-order valence-electron chi connectivity index (χ4n) is 2.15. The van der Waals surface area contributed by atoms with E-state index in [0.29, 0.717) is 5.02 Å². The number of hydrogen-bond acceptors (Lipinski definition) is 4. The second-order valence-electron chi connectivity index (χ2n) is 5.70. The highest BCUT2D eigenvalue weighted by Gasteiger charge is 2.19. The second-order valence-corrected chi connectivity index (χ2v) is 6.99. The van der Waals surface area contributed by atoms with Gasteiger partial charge in [0.25, 0.3) is 17.5 Å². The van der Waals surface area contributed by atoms with E-state index in [1.54, 1.807) is 0 Å². The molecule has 2 rings (SSSR count). The highest BCUT2D eigenvalue weighted by molar-refractivity contribution is 9.10. The van der Waals surface area contributed by atoms with E-state index in [9.17, 15) is 19.7 Å². The van der Waals surface area contributed by atoms with Gasteiger partial charge in [-0.2, -0.15) is 0 Å². The summed E-state index contributed by atoms with van der Waals surface area (Å²) in [6.07, 6.45) is 0. The van der Waals surface area contributed by atoms with Crippen LogP contribution in [0.1, 0.15) is 34.6 Å². The van der Waals surface area contributed by atoms with Crippen molar-refractivity contribution in [2.75, 3.05) is 5.32 Å². The first-order valence-electron chi connectivity index (χ1n) is 7.54. The number of nitro benzene ring substituents is 1. The van der Waals surface area contributed by atoms with E-state index in [4.69, 9.17) is 11.6 Å². The predicted molar refractivity (Wildman–Crippen MR) is 103 cm³/mol. The van der Waals surface area contributed by atoms with E-state index in [1.165, 1.54) is 30.3 Å². The van der Waals surface area contributed by atoms with E-state index in [-0.39, 0.29) is 38.9 Å². The van der Waals surface area contributed by atoms with Crippen molar-refractivity contribution in [1.29, 1.82) is 0 Å². The molecule has 0 aliphatic heterocycles. The zero-order chi connectivity index (χ0) is 19.4. The zero-order valence-electron chi connectivity index (χ0n) is 13.9. The molecule has 136 valence electrons. The number of halogens is 2. The summed E-state index contributed by atoms with van der Waals surface area (Å²) in [5.74, 6) is -0.963. The van der Waals surface area contributed by atoms with Gasteiger partial charge in [-0.3, -0.25) is 19.7 Å². The van der Waals surface area contributed by atoms with Gasteiger partial charge in [-0.1, -0.05) is 11.6 Å². The summed E-state index contributed by atoms with van der Waals surface area (Å²) in [5, 5.41) is 16.7. The third-order valence-electron chi connectivity index (χ3n) is 3.30. The Balaban J connectivity index is 2.34. The number of hydrogen-bond donors (Lipinski definition) is 2. The minimum atomic E-state index is -0.596. The molecule has 0 radical (unpaired) electrons. The highest BCUT2D eigenvalue weighted by atomic mass is 79.9. The molecule has 0 saturated carbocycles. The summed E-state index contributed by atoms with van der Waals surface area (Å²) in [4.78, 5) is 35.2. The molecule has 2 aromatic rings. The Morgan fingerprint density at radius 2 is 1.85 bits per heavy atom. The van der Waals surface area contributed by atoms with Crippen molar-refractivity contribution in [3.8, 4) is 0 Å². The van der Waals surface area contributed by atoms with E-state index in [1.807, 2.05) is 13.8 Å². The Bertz CT molecular complexity index is 886. The van der Waals surface area contributed by atoms with Crippen molar-refractivity contribution in [3.05, 3.63) is 67.1 Å². The smallest absolute Gasteiger partial charge is 0.284 e. The van der Waals surface area contributed by atoms with Crippen LogP contribution in [0.4, 0.5) is 11.4 Å². The van der Waals surface area contributed by atoms with Gasteiger partial charge in [0.05, 0.1) is 20.6 Å². The Hall–Kier alpha value is -2.45. The molecule has 2 N–H and O–H groups in total. The number of amides is 2. The van der Waals surface area contributed by atoms with Crippen LogP contribution in [-0.2, 0) is 0 Å². The molecule has 7 nitrogen and oxygen atoms in total. The van der Waals surface area contributed by atoms with E-state index >= 15 is 0 Å². The molecule has 0 aromatic heterocycles. The molecule has 26 heavy (non-hydrogen) atoms. The number of rotatable bonds is 5. The topological polar surface area (TPSA) is 101 Å². The SMILES string of the molecule is CC(C)NC(=O)c1ccc(Cl)cc1NC(=O)c1ccc(Br)c([N+](=O)[O-])c1. The second kappa shape index (κ2) is 8.29. The maximum Gasteiger partial charge on any atom is 0.284 e. The molecule has 0 atom stereocenters. The summed E-state index contributed by atoms with van der Waals surface area (Å²) in [6.45, 7) is 3.63. The number of anilines is 1. The lowest BCUT2D eigenvalue weighted by molar-refractivity contribution is -0.385. The third kappa shape index (κ3) is 4.80. The number of nitro groups is 1. The molecule has 0 aliphatic rings. The minimum Gasteiger partial charge on any atom is -0.350 e. The number of nitrogens with zero attached hydrogens (tertiary/aromatic N) is 1. The van der Waals surface area contributed by atoms with Crippen LogP contribution in [-0.4, -0.2) is 22.8 Å². The summed E-state index contributed by atoms with van der Waals surface area (Å²) >= 11 is 9.03. The summed E-state index contributed by atoms with van der Waals surface area (Å²) in [5.41, 5.74) is 0.297. The maximum atomic E-state index is 12.5. The number of carbonyl (C=O) groups is 2. The average molecular weight is 441 g/mol. The molecular formula is C17H15BrClN3O4. The van der Waals surface area contributed by atoms with Crippen LogP contribution in [0.25, 0.3) is 0 Å². The Kier molecular flexibility index (Phi) is 6.33. The monoisotopic (exact) mass is 439 g/mol. The van der Waals surface area contributed by atoms with Gasteiger partial charge in [0, 0.05) is 22.7 Å². The number of carbonyl (C=O) groups excluding carboxylic acids is 2. The van der Waals surface area contributed by atoms with Crippen molar-refractivity contribution in [3.63, 3.8) is 0 Å². The van der Waals surface area contributed by atoms with Crippen molar-refractivity contribution >= 4 is 50.7 Å². The van der Waals surface area contributed by atoms with Crippen molar-refractivity contribution < 1.29 is 14.5 Å². The van der Waals surface area contributed by atoms with Gasteiger partial charge < -0.3 is 10.6 Å². The predicted octanol–water partition coefficient (Wildman–Crippen LogP) is 4.40. The highest BCUT2D eigenvalue weighted by Crippen LogP contribution is 2.27. The first-order valence-corrected chi connectivity index (χ1v) is 8.72. The van der Waals surface area contributed by atoms with Crippen LogP contribution in [0, 0.1) is 10.1 Å². The van der Waals surface area contributed by atoms with Crippen molar-refractivity contribution in [2.24, 2.45) is 0 Å². The molecule has 0 fully saturated rings. The summed E-state index contributed by atoms with van der Waals surface area (Å²) < 4.78 is 0.263. The van der Waals surface area contributed by atoms with Gasteiger partial charge in [-0.05, 0) is 60.1 Å². The lowest BCUT2D eigenvalue weighted by Crippen LogP contribution is -2.31. The average Bonchev–Trinajstić information content (AvgIpc) is 2.54. The largest absolute Gasteiger partial charge is 0.350 e. The van der Waals surface area contributed by atoms with E-state index in [2.05, 4.69) is 26.6 Å². The normalized spacial score (nSPS) is 10.5. The van der Waals surface area contributed by atoms with Crippen molar-refractivity contribution in [1.82, 2.24) is 5.32 Å². The standard InChI is InChI=1S/C17H15BrClN3O4/c1-9(2)20-17(24)12-5-4-11(19)8-14(12)21-16(23)10-3-6-13(18)15(7-10)22(25)26/h3-9H,1-2H3,(H,20,24)(H,21,23). The molecule has 0 heterocycles. The minimum absolute atomic E-state index is 0.0788. The van der Waals surface area contributed by atoms with Gasteiger partial charge in [0.1, 0.15) is 0 Å². The van der Waals surface area contributed by atoms with Crippen LogP contribution < -0.4 is 10.6 Å². The van der Waals surface area contributed by atoms with E-state index < -0.39 is 10.8 Å². The number of benzene rings is 2. The molecule has 2 aromatic carbocycles. The first kappa shape index (κ1) is 19.9. The summed E-state index contributed by atoms with van der Waals surface area (Å²) in [7, 11) is 0. The van der Waals surface area contributed by atoms with Crippen LogP contribution >= 0.6 is 27.5 Å². The lowest BCUT2D eigenvalue weighted by Gasteiger charge is -2.13. The van der Waals surface area contributed by atoms with Gasteiger partial charge in [-0.25, -0.2) is 0 Å². The number of nitrogens with one attached hydrogen (secondary N) is 2. The van der Waals surface area contributed by atoms with Gasteiger partial charge in [-0.15, -0.1) is 0 Å². The molecule has 0 saturated heterocycles. The Morgan fingerprint density at radius 1 is 1.15 bits per heavy atom. The van der Waals surface area contributed by atoms with Crippen LogP contribution in [0.2, 0.25) is 5.02 Å². The molecule has 0 unspecified atom stereocenters. The molecule has 0 aliphatic carbocycles. The molecule has 2 amide bonds. The van der Waals surface area contributed by atoms with E-state index in [0.717, 1.165) is 6.07 Å². The fourth-order valence-corrected chi connectivity index (χ4v) is 2.71.